The topological polar surface area (TPSA) is 87.2 Å². The molecule has 112 valence electrons. The van der Waals surface area contributed by atoms with Crippen LogP contribution < -0.4 is 4.90 Å². The van der Waals surface area contributed by atoms with E-state index in [-0.39, 0.29) is 23.4 Å². The predicted octanol–water partition coefficient (Wildman–Crippen LogP) is 3.06. The summed E-state index contributed by atoms with van der Waals surface area (Å²) in [5.74, 6) is -0.107. The molecule has 21 heavy (non-hydrogen) atoms. The summed E-state index contributed by atoms with van der Waals surface area (Å²) in [4.78, 5) is 24.1. The normalized spacial score (nSPS) is 10.8. The first-order chi connectivity index (χ1) is 9.65. The van der Waals surface area contributed by atoms with Crippen molar-refractivity contribution in [2.75, 3.05) is 11.9 Å². The molecule has 0 fully saturated rings. The van der Waals surface area contributed by atoms with Gasteiger partial charge in [-0.3, -0.25) is 14.9 Å². The number of hydrogen-bond acceptors (Lipinski definition) is 4. The van der Waals surface area contributed by atoms with E-state index in [1.54, 1.807) is 13.1 Å². The quantitative estimate of drug-likeness (QED) is 0.629. The summed E-state index contributed by atoms with van der Waals surface area (Å²) >= 11 is 0. The molecule has 0 aliphatic heterocycles. The maximum absolute atomic E-state index is 12.2. The summed E-state index contributed by atoms with van der Waals surface area (Å²) in [6, 6.07) is 6.39. The van der Waals surface area contributed by atoms with Crippen LogP contribution in [-0.4, -0.2) is 17.9 Å². The number of anilines is 1. The zero-order valence-electron chi connectivity index (χ0n) is 12.7. The van der Waals surface area contributed by atoms with Gasteiger partial charge in [0.05, 0.1) is 23.1 Å². The Hall–Kier alpha value is -2.42. The van der Waals surface area contributed by atoms with E-state index in [1.807, 2.05) is 26.8 Å². The van der Waals surface area contributed by atoms with Gasteiger partial charge in [-0.15, -0.1) is 0 Å². The molecule has 0 radical (unpaired) electrons. The largest absolute Gasteiger partial charge is 0.315 e. The fourth-order valence-corrected chi connectivity index (χ4v) is 1.88. The standard InChI is InChI=1S/C15H19N3O3/c1-15(2,3)10-14(19)17(4)12-6-5-11(7-8-16)13(9-12)18(20)21/h5-6,9H,7,10H2,1-4H3. The smallest absolute Gasteiger partial charge is 0.275 e. The number of nitriles is 1. The van der Waals surface area contributed by atoms with Crippen LogP contribution in [0.1, 0.15) is 32.8 Å². The fourth-order valence-electron chi connectivity index (χ4n) is 1.88. The van der Waals surface area contributed by atoms with Crippen molar-refractivity contribution in [2.24, 2.45) is 5.41 Å². The summed E-state index contributed by atoms with van der Waals surface area (Å²) < 4.78 is 0. The Kier molecular flexibility index (Phi) is 5.03. The van der Waals surface area contributed by atoms with Gasteiger partial charge in [0.15, 0.2) is 0 Å². The number of nitro groups is 1. The van der Waals surface area contributed by atoms with Crippen molar-refractivity contribution in [1.29, 1.82) is 5.26 Å². The first kappa shape index (κ1) is 16.6. The Morgan fingerprint density at radius 3 is 2.52 bits per heavy atom. The number of carbonyl (C=O) groups excluding carboxylic acids is 1. The molecule has 6 heteroatoms. The number of carbonyl (C=O) groups is 1. The highest BCUT2D eigenvalue weighted by Gasteiger charge is 2.22. The third-order valence-electron chi connectivity index (χ3n) is 2.98. The van der Waals surface area contributed by atoms with Gasteiger partial charge in [0.2, 0.25) is 5.91 Å². The van der Waals surface area contributed by atoms with E-state index in [0.29, 0.717) is 17.7 Å². The molecule has 1 amide bonds. The number of amides is 1. The van der Waals surface area contributed by atoms with Crippen molar-refractivity contribution in [1.82, 2.24) is 0 Å². The minimum absolute atomic E-state index is 0.0315. The lowest BCUT2D eigenvalue weighted by Crippen LogP contribution is -2.29. The van der Waals surface area contributed by atoms with Crippen molar-refractivity contribution >= 4 is 17.3 Å². The predicted molar refractivity (Wildman–Crippen MR) is 79.9 cm³/mol. The molecular weight excluding hydrogens is 270 g/mol. The molecule has 1 aromatic rings. The van der Waals surface area contributed by atoms with Crippen molar-refractivity contribution in [3.05, 3.63) is 33.9 Å². The molecule has 0 saturated heterocycles. The first-order valence-corrected chi connectivity index (χ1v) is 6.56. The van der Waals surface area contributed by atoms with Crippen LogP contribution in [0.15, 0.2) is 18.2 Å². The van der Waals surface area contributed by atoms with Gasteiger partial charge in [0.1, 0.15) is 0 Å². The van der Waals surface area contributed by atoms with E-state index in [1.165, 1.54) is 17.0 Å². The number of nitro benzene ring substituents is 1. The highest BCUT2D eigenvalue weighted by atomic mass is 16.6. The maximum atomic E-state index is 12.2. The maximum Gasteiger partial charge on any atom is 0.275 e. The van der Waals surface area contributed by atoms with Crippen LogP contribution in [0.25, 0.3) is 0 Å². The molecule has 0 unspecified atom stereocenters. The molecule has 0 spiro atoms. The van der Waals surface area contributed by atoms with Crippen molar-refractivity contribution in [3.8, 4) is 6.07 Å². The Labute approximate surface area is 124 Å². The number of benzene rings is 1. The Morgan fingerprint density at radius 1 is 1.43 bits per heavy atom. The monoisotopic (exact) mass is 289 g/mol. The Balaban J connectivity index is 3.09. The summed E-state index contributed by atoms with van der Waals surface area (Å²) in [5, 5.41) is 19.7. The van der Waals surface area contributed by atoms with Gasteiger partial charge in [-0.25, -0.2) is 0 Å². The Morgan fingerprint density at radius 2 is 2.05 bits per heavy atom. The van der Waals surface area contributed by atoms with Gasteiger partial charge in [-0.2, -0.15) is 5.26 Å². The minimum atomic E-state index is -0.530. The SMILES string of the molecule is CN(C(=O)CC(C)(C)C)c1ccc(CC#N)c([N+](=O)[O-])c1. The molecule has 6 nitrogen and oxygen atoms in total. The first-order valence-electron chi connectivity index (χ1n) is 6.56. The molecule has 1 aromatic carbocycles. The lowest BCUT2D eigenvalue weighted by molar-refractivity contribution is -0.385. The van der Waals surface area contributed by atoms with Gasteiger partial charge in [0, 0.05) is 25.1 Å². The molecule has 1 rings (SSSR count). The van der Waals surface area contributed by atoms with Crippen molar-refractivity contribution in [2.45, 2.75) is 33.6 Å². The van der Waals surface area contributed by atoms with Crippen LogP contribution in [0.4, 0.5) is 11.4 Å². The second-order valence-corrected chi connectivity index (χ2v) is 6.10. The fraction of sp³-hybridized carbons (Fsp3) is 0.467. The number of rotatable bonds is 4. The molecule has 0 heterocycles. The van der Waals surface area contributed by atoms with E-state index >= 15 is 0 Å². The molecule has 0 aliphatic carbocycles. The molecule has 0 N–H and O–H groups in total. The average Bonchev–Trinajstić information content (AvgIpc) is 2.36. The van der Waals surface area contributed by atoms with Crippen LogP contribution in [0.5, 0.6) is 0 Å². The molecular formula is C15H19N3O3. The van der Waals surface area contributed by atoms with Crippen molar-refractivity contribution < 1.29 is 9.72 Å². The molecule has 0 aliphatic rings. The number of hydrogen-bond donors (Lipinski definition) is 0. The Bertz CT molecular complexity index is 597. The van der Waals surface area contributed by atoms with E-state index in [0.717, 1.165) is 0 Å². The minimum Gasteiger partial charge on any atom is -0.315 e. The van der Waals surface area contributed by atoms with Crippen LogP contribution in [0.3, 0.4) is 0 Å². The second kappa shape index (κ2) is 6.35. The van der Waals surface area contributed by atoms with E-state index in [2.05, 4.69) is 0 Å². The highest BCUT2D eigenvalue weighted by Crippen LogP contribution is 2.27. The average molecular weight is 289 g/mol. The van der Waals surface area contributed by atoms with E-state index < -0.39 is 4.92 Å². The highest BCUT2D eigenvalue weighted by molar-refractivity contribution is 5.93. The van der Waals surface area contributed by atoms with Crippen LogP contribution in [0, 0.1) is 26.9 Å². The summed E-state index contributed by atoms with van der Waals surface area (Å²) in [7, 11) is 1.59. The molecule has 0 aromatic heterocycles. The van der Waals surface area contributed by atoms with E-state index in [9.17, 15) is 14.9 Å². The third-order valence-corrected chi connectivity index (χ3v) is 2.98. The van der Waals surface area contributed by atoms with E-state index in [4.69, 9.17) is 5.26 Å². The van der Waals surface area contributed by atoms with Crippen LogP contribution in [-0.2, 0) is 11.2 Å². The number of nitrogens with zero attached hydrogens (tertiary/aromatic N) is 3. The zero-order valence-corrected chi connectivity index (χ0v) is 12.7. The summed E-state index contributed by atoms with van der Waals surface area (Å²) in [5.41, 5.74) is 0.517. The van der Waals surface area contributed by atoms with Gasteiger partial charge >= 0.3 is 0 Å². The van der Waals surface area contributed by atoms with Crippen LogP contribution >= 0.6 is 0 Å². The molecule has 0 saturated carbocycles. The van der Waals surface area contributed by atoms with Gasteiger partial charge in [-0.05, 0) is 17.5 Å². The summed E-state index contributed by atoms with van der Waals surface area (Å²) in [6.45, 7) is 5.87. The lowest BCUT2D eigenvalue weighted by atomic mass is 9.91. The van der Waals surface area contributed by atoms with Gasteiger partial charge < -0.3 is 4.90 Å². The second-order valence-electron chi connectivity index (χ2n) is 6.10. The molecule has 0 atom stereocenters. The van der Waals surface area contributed by atoms with Gasteiger partial charge in [-0.1, -0.05) is 20.8 Å². The third kappa shape index (κ3) is 4.56. The molecule has 0 bridgehead atoms. The van der Waals surface area contributed by atoms with Gasteiger partial charge in [0.25, 0.3) is 5.69 Å². The van der Waals surface area contributed by atoms with Crippen LogP contribution in [0.2, 0.25) is 0 Å². The summed E-state index contributed by atoms with van der Waals surface area (Å²) in [6.07, 6.45) is 0.313. The zero-order chi connectivity index (χ0) is 16.2. The lowest BCUT2D eigenvalue weighted by Gasteiger charge is -2.23. The van der Waals surface area contributed by atoms with Crippen molar-refractivity contribution in [3.63, 3.8) is 0 Å².